The van der Waals surface area contributed by atoms with Gasteiger partial charge in [-0.25, -0.2) is 14.4 Å². The maximum atomic E-state index is 13.9. The van der Waals surface area contributed by atoms with Gasteiger partial charge in [0, 0.05) is 56.1 Å². The van der Waals surface area contributed by atoms with Crippen molar-refractivity contribution in [1.29, 1.82) is 0 Å². The fourth-order valence-corrected chi connectivity index (χ4v) is 5.22. The SMILES string of the molecule is Cc1cc(-c2cc(N3CCCC3C)nc(N3CCN(c4ncccc4Cl)C[C@@H]3C)n2)ccc1F. The number of aromatic nitrogens is 3. The van der Waals surface area contributed by atoms with E-state index in [1.165, 1.54) is 6.07 Å². The summed E-state index contributed by atoms with van der Waals surface area (Å²) >= 11 is 6.40. The molecule has 2 fully saturated rings. The van der Waals surface area contributed by atoms with Gasteiger partial charge in [0.2, 0.25) is 5.95 Å². The number of halogens is 2. The van der Waals surface area contributed by atoms with Crippen molar-refractivity contribution in [2.75, 3.05) is 40.9 Å². The van der Waals surface area contributed by atoms with Crippen molar-refractivity contribution in [3.63, 3.8) is 0 Å². The van der Waals surface area contributed by atoms with Crippen LogP contribution in [0.4, 0.5) is 22.0 Å². The quantitative estimate of drug-likeness (QED) is 0.502. The number of piperazine rings is 1. The zero-order chi connectivity index (χ0) is 23.8. The van der Waals surface area contributed by atoms with Crippen LogP contribution in [0.25, 0.3) is 11.3 Å². The molecule has 0 aliphatic carbocycles. The number of pyridine rings is 1. The predicted octanol–water partition coefficient (Wildman–Crippen LogP) is 5.34. The molecule has 0 N–H and O–H groups in total. The molecule has 2 saturated heterocycles. The minimum atomic E-state index is -0.204. The van der Waals surface area contributed by atoms with Crippen LogP contribution in [0.15, 0.2) is 42.6 Å². The van der Waals surface area contributed by atoms with Crippen molar-refractivity contribution in [3.8, 4) is 11.3 Å². The van der Waals surface area contributed by atoms with E-state index in [4.69, 9.17) is 21.6 Å². The second kappa shape index (κ2) is 9.37. The van der Waals surface area contributed by atoms with E-state index in [0.717, 1.165) is 61.9 Å². The molecule has 6 nitrogen and oxygen atoms in total. The van der Waals surface area contributed by atoms with E-state index in [-0.39, 0.29) is 11.9 Å². The number of hydrogen-bond donors (Lipinski definition) is 0. The predicted molar refractivity (Wildman–Crippen MR) is 136 cm³/mol. The summed E-state index contributed by atoms with van der Waals surface area (Å²) < 4.78 is 13.9. The third-order valence-corrected chi connectivity index (χ3v) is 7.22. The second-order valence-electron chi connectivity index (χ2n) is 9.36. The number of rotatable bonds is 4. The highest BCUT2D eigenvalue weighted by Crippen LogP contribution is 2.32. The molecule has 2 aromatic heterocycles. The number of hydrogen-bond acceptors (Lipinski definition) is 6. The van der Waals surface area contributed by atoms with Crippen LogP contribution >= 0.6 is 11.6 Å². The van der Waals surface area contributed by atoms with Crippen molar-refractivity contribution in [2.24, 2.45) is 0 Å². The van der Waals surface area contributed by atoms with E-state index in [9.17, 15) is 4.39 Å². The molecule has 4 heterocycles. The van der Waals surface area contributed by atoms with E-state index in [1.54, 1.807) is 19.2 Å². The van der Waals surface area contributed by atoms with E-state index >= 15 is 0 Å². The summed E-state index contributed by atoms with van der Waals surface area (Å²) in [5.41, 5.74) is 2.34. The lowest BCUT2D eigenvalue weighted by molar-refractivity contribution is 0.537. The highest BCUT2D eigenvalue weighted by atomic mass is 35.5. The van der Waals surface area contributed by atoms with Crippen LogP contribution in [0.1, 0.15) is 32.3 Å². The van der Waals surface area contributed by atoms with Gasteiger partial charge < -0.3 is 14.7 Å². The molecule has 2 aliphatic rings. The molecule has 1 aromatic carbocycles. The monoisotopic (exact) mass is 480 g/mol. The van der Waals surface area contributed by atoms with Crippen molar-refractivity contribution in [1.82, 2.24) is 15.0 Å². The normalized spacial score (nSPS) is 20.8. The molecular formula is C26H30ClFN6. The van der Waals surface area contributed by atoms with Gasteiger partial charge in [-0.15, -0.1) is 0 Å². The Morgan fingerprint density at radius 3 is 2.56 bits per heavy atom. The van der Waals surface area contributed by atoms with E-state index in [0.29, 0.717) is 22.6 Å². The Kier molecular flexibility index (Phi) is 6.30. The topological polar surface area (TPSA) is 48.4 Å². The zero-order valence-electron chi connectivity index (χ0n) is 19.9. The van der Waals surface area contributed by atoms with Crippen molar-refractivity contribution in [2.45, 2.75) is 45.7 Å². The molecule has 8 heteroatoms. The average molecular weight is 481 g/mol. The standard InChI is InChI=1S/C26H30ClFN6/c1-17-14-20(8-9-22(17)28)23-15-24(33-11-5-6-18(33)2)31-26(30-23)34-13-12-32(16-19(34)3)25-21(27)7-4-10-29-25/h4,7-10,14-15,18-19H,5-6,11-13,16H2,1-3H3/t18?,19-/m0/s1. The van der Waals surface area contributed by atoms with Gasteiger partial charge in [0.1, 0.15) is 17.5 Å². The van der Waals surface area contributed by atoms with Crippen LogP contribution in [0.3, 0.4) is 0 Å². The first-order valence-corrected chi connectivity index (χ1v) is 12.3. The highest BCUT2D eigenvalue weighted by molar-refractivity contribution is 6.32. The lowest BCUT2D eigenvalue weighted by Crippen LogP contribution is -2.53. The molecule has 34 heavy (non-hydrogen) atoms. The van der Waals surface area contributed by atoms with Gasteiger partial charge in [-0.1, -0.05) is 11.6 Å². The first kappa shape index (κ1) is 22.8. The van der Waals surface area contributed by atoms with Crippen LogP contribution < -0.4 is 14.7 Å². The number of anilines is 3. The molecule has 5 rings (SSSR count). The van der Waals surface area contributed by atoms with Crippen LogP contribution in [-0.2, 0) is 0 Å². The molecule has 1 unspecified atom stereocenters. The van der Waals surface area contributed by atoms with Gasteiger partial charge in [-0.05, 0) is 69.5 Å². The number of nitrogens with zero attached hydrogens (tertiary/aromatic N) is 6. The molecule has 0 bridgehead atoms. The largest absolute Gasteiger partial charge is 0.354 e. The molecule has 0 amide bonds. The Morgan fingerprint density at radius 1 is 1.00 bits per heavy atom. The zero-order valence-corrected chi connectivity index (χ0v) is 20.6. The summed E-state index contributed by atoms with van der Waals surface area (Å²) in [4.78, 5) is 21.3. The van der Waals surface area contributed by atoms with Crippen LogP contribution in [0, 0.1) is 12.7 Å². The third-order valence-electron chi connectivity index (χ3n) is 6.92. The van der Waals surface area contributed by atoms with E-state index in [2.05, 4.69) is 33.5 Å². The van der Waals surface area contributed by atoms with Crippen molar-refractivity contribution >= 4 is 29.2 Å². The van der Waals surface area contributed by atoms with Crippen molar-refractivity contribution in [3.05, 3.63) is 59.0 Å². The summed E-state index contributed by atoms with van der Waals surface area (Å²) in [6.45, 7) is 9.51. The summed E-state index contributed by atoms with van der Waals surface area (Å²) in [5, 5.41) is 0.665. The molecule has 3 aromatic rings. The second-order valence-corrected chi connectivity index (χ2v) is 9.76. The third kappa shape index (κ3) is 4.41. The molecule has 178 valence electrons. The van der Waals surface area contributed by atoms with Gasteiger partial charge in [-0.3, -0.25) is 0 Å². The van der Waals surface area contributed by atoms with Gasteiger partial charge in [-0.2, -0.15) is 4.98 Å². The Labute approximate surface area is 205 Å². The Balaban J connectivity index is 1.49. The van der Waals surface area contributed by atoms with E-state index in [1.807, 2.05) is 24.3 Å². The first-order chi connectivity index (χ1) is 16.4. The molecule has 2 atom stereocenters. The van der Waals surface area contributed by atoms with Gasteiger partial charge in [0.25, 0.3) is 0 Å². The summed E-state index contributed by atoms with van der Waals surface area (Å²) in [7, 11) is 0. The van der Waals surface area contributed by atoms with Crippen molar-refractivity contribution < 1.29 is 4.39 Å². The smallest absolute Gasteiger partial charge is 0.228 e. The lowest BCUT2D eigenvalue weighted by atomic mass is 10.1. The minimum Gasteiger partial charge on any atom is -0.354 e. The number of aryl methyl sites for hydroxylation is 1. The average Bonchev–Trinajstić information content (AvgIpc) is 3.26. The Hall–Kier alpha value is -2.93. The van der Waals surface area contributed by atoms with Gasteiger partial charge in [0.05, 0.1) is 10.7 Å². The summed E-state index contributed by atoms with van der Waals surface area (Å²) in [6.07, 6.45) is 4.09. The molecule has 2 aliphatic heterocycles. The van der Waals surface area contributed by atoms with Gasteiger partial charge >= 0.3 is 0 Å². The first-order valence-electron chi connectivity index (χ1n) is 11.9. The van der Waals surface area contributed by atoms with Crippen LogP contribution in [0.2, 0.25) is 5.02 Å². The molecular weight excluding hydrogens is 451 g/mol. The van der Waals surface area contributed by atoms with Gasteiger partial charge in [0.15, 0.2) is 0 Å². The summed E-state index contributed by atoms with van der Waals surface area (Å²) in [5.74, 6) is 2.27. The Bertz CT molecular complexity index is 1190. The minimum absolute atomic E-state index is 0.167. The molecule has 0 saturated carbocycles. The summed E-state index contributed by atoms with van der Waals surface area (Å²) in [6, 6.07) is 11.6. The Morgan fingerprint density at radius 2 is 1.85 bits per heavy atom. The lowest BCUT2D eigenvalue weighted by Gasteiger charge is -2.41. The van der Waals surface area contributed by atoms with Crippen LogP contribution in [-0.4, -0.2) is 53.2 Å². The van der Waals surface area contributed by atoms with Crippen LogP contribution in [0.5, 0.6) is 0 Å². The highest BCUT2D eigenvalue weighted by Gasteiger charge is 2.29. The maximum absolute atomic E-state index is 13.9. The fraction of sp³-hybridized carbons (Fsp3) is 0.423. The van der Waals surface area contributed by atoms with E-state index < -0.39 is 0 Å². The molecule has 0 radical (unpaired) electrons. The fourth-order valence-electron chi connectivity index (χ4n) is 4.98. The maximum Gasteiger partial charge on any atom is 0.228 e. The number of benzene rings is 1. The molecule has 0 spiro atoms.